The zero-order valence-corrected chi connectivity index (χ0v) is 12.5. The number of hydrogen-bond acceptors (Lipinski definition) is 4. The first-order valence-corrected chi connectivity index (χ1v) is 8.05. The number of pyridine rings is 1. The Morgan fingerprint density at radius 2 is 2.05 bits per heavy atom. The largest absolute Gasteiger partial charge is 0.476 e. The van der Waals surface area contributed by atoms with E-state index < -0.39 is 0 Å². The summed E-state index contributed by atoms with van der Waals surface area (Å²) in [5, 5.41) is 9.03. The van der Waals surface area contributed by atoms with Crippen molar-refractivity contribution in [2.45, 2.75) is 32.1 Å². The molecule has 0 spiro atoms. The molecule has 0 bridgehead atoms. The molecule has 1 saturated carbocycles. The lowest BCUT2D eigenvalue weighted by Gasteiger charge is -2.36. The van der Waals surface area contributed by atoms with Crippen LogP contribution in [0.4, 0.5) is 0 Å². The molecule has 3 rings (SSSR count). The highest BCUT2D eigenvalue weighted by molar-refractivity contribution is 5.36. The van der Waals surface area contributed by atoms with E-state index in [1.54, 1.807) is 18.3 Å². The molecule has 0 N–H and O–H groups in total. The summed E-state index contributed by atoms with van der Waals surface area (Å²) >= 11 is 0. The monoisotopic (exact) mass is 285 g/mol. The highest BCUT2D eigenvalue weighted by Crippen LogP contribution is 2.29. The molecule has 1 saturated heterocycles. The topological polar surface area (TPSA) is 49.1 Å². The lowest BCUT2D eigenvalue weighted by atomic mass is 9.84. The summed E-state index contributed by atoms with van der Waals surface area (Å²) in [5.41, 5.74) is 0.528. The predicted octanol–water partition coefficient (Wildman–Crippen LogP) is 2.84. The van der Waals surface area contributed by atoms with Crippen LogP contribution in [0.25, 0.3) is 0 Å². The molecule has 1 aliphatic carbocycles. The van der Waals surface area contributed by atoms with Gasteiger partial charge < -0.3 is 9.64 Å². The molecule has 1 aliphatic heterocycles. The van der Waals surface area contributed by atoms with E-state index >= 15 is 0 Å². The second kappa shape index (κ2) is 6.91. The molecular formula is C17H23N3O. The molecule has 0 atom stereocenters. The Morgan fingerprint density at radius 3 is 2.71 bits per heavy atom. The summed E-state index contributed by atoms with van der Waals surface area (Å²) in [6.45, 7) is 4.37. The molecule has 4 nitrogen and oxygen atoms in total. The van der Waals surface area contributed by atoms with Gasteiger partial charge >= 0.3 is 0 Å². The Balaban J connectivity index is 1.42. The minimum atomic E-state index is 0.483. The minimum Gasteiger partial charge on any atom is -0.476 e. The van der Waals surface area contributed by atoms with Gasteiger partial charge in [-0.05, 0) is 62.7 Å². The van der Waals surface area contributed by atoms with E-state index in [9.17, 15) is 0 Å². The summed E-state index contributed by atoms with van der Waals surface area (Å²) in [6, 6.07) is 5.65. The fraction of sp³-hybridized carbons (Fsp3) is 0.647. The zero-order chi connectivity index (χ0) is 14.5. The Hall–Kier alpha value is -1.60. The van der Waals surface area contributed by atoms with Gasteiger partial charge in [0.2, 0.25) is 5.88 Å². The van der Waals surface area contributed by atoms with Crippen LogP contribution < -0.4 is 4.74 Å². The minimum absolute atomic E-state index is 0.483. The summed E-state index contributed by atoms with van der Waals surface area (Å²) in [6.07, 6.45) is 8.36. The van der Waals surface area contributed by atoms with E-state index in [1.807, 2.05) is 0 Å². The third-order valence-corrected chi connectivity index (χ3v) is 4.80. The molecule has 0 unspecified atom stereocenters. The van der Waals surface area contributed by atoms with E-state index in [4.69, 9.17) is 10.00 Å². The fourth-order valence-electron chi connectivity index (χ4n) is 3.16. The first-order chi connectivity index (χ1) is 10.3. The van der Waals surface area contributed by atoms with E-state index in [1.165, 1.54) is 51.7 Å². The van der Waals surface area contributed by atoms with Crippen LogP contribution in [0.3, 0.4) is 0 Å². The van der Waals surface area contributed by atoms with Gasteiger partial charge in [-0.3, -0.25) is 0 Å². The van der Waals surface area contributed by atoms with Gasteiger partial charge in [-0.1, -0.05) is 6.42 Å². The third-order valence-electron chi connectivity index (χ3n) is 4.80. The predicted molar refractivity (Wildman–Crippen MR) is 81.0 cm³/mol. The van der Waals surface area contributed by atoms with Crippen molar-refractivity contribution in [2.75, 3.05) is 26.2 Å². The molecule has 0 aromatic carbocycles. The molecule has 1 aromatic rings. The van der Waals surface area contributed by atoms with Crippen LogP contribution in [-0.4, -0.2) is 36.1 Å². The summed E-state index contributed by atoms with van der Waals surface area (Å²) in [7, 11) is 0. The number of nitriles is 1. The molecule has 2 aliphatic rings. The van der Waals surface area contributed by atoms with Crippen LogP contribution >= 0.6 is 0 Å². The SMILES string of the molecule is N#Cc1cccnc1OCC1CCN(CC2CCC2)CC1. The van der Waals surface area contributed by atoms with Crippen LogP contribution in [0.5, 0.6) is 5.88 Å². The first kappa shape index (κ1) is 14.3. The van der Waals surface area contributed by atoms with Crippen molar-refractivity contribution >= 4 is 0 Å². The van der Waals surface area contributed by atoms with Crippen molar-refractivity contribution in [1.29, 1.82) is 5.26 Å². The van der Waals surface area contributed by atoms with Crippen molar-refractivity contribution in [3.8, 4) is 11.9 Å². The number of ether oxygens (including phenoxy) is 1. The highest BCUT2D eigenvalue weighted by Gasteiger charge is 2.25. The van der Waals surface area contributed by atoms with Gasteiger partial charge in [0, 0.05) is 12.7 Å². The molecule has 0 amide bonds. The van der Waals surface area contributed by atoms with E-state index in [0.29, 0.717) is 24.0 Å². The maximum atomic E-state index is 9.03. The Kier molecular flexibility index (Phi) is 4.72. The quantitative estimate of drug-likeness (QED) is 0.834. The summed E-state index contributed by atoms with van der Waals surface area (Å²) in [4.78, 5) is 6.76. The number of rotatable bonds is 5. The number of piperidine rings is 1. The Morgan fingerprint density at radius 1 is 1.24 bits per heavy atom. The number of aromatic nitrogens is 1. The zero-order valence-electron chi connectivity index (χ0n) is 12.5. The van der Waals surface area contributed by atoms with Crippen molar-refractivity contribution in [3.05, 3.63) is 23.9 Å². The lowest BCUT2D eigenvalue weighted by molar-refractivity contribution is 0.109. The maximum absolute atomic E-state index is 9.03. The Bertz CT molecular complexity index is 499. The van der Waals surface area contributed by atoms with Gasteiger partial charge in [-0.15, -0.1) is 0 Å². The number of likely N-dealkylation sites (tertiary alicyclic amines) is 1. The standard InChI is InChI=1S/C17H23N3O/c18-11-16-5-2-8-19-17(16)21-13-15-6-9-20(10-7-15)12-14-3-1-4-14/h2,5,8,14-15H,1,3-4,6-7,9-10,12-13H2. The fourth-order valence-corrected chi connectivity index (χ4v) is 3.16. The van der Waals surface area contributed by atoms with Crippen LogP contribution in [0.2, 0.25) is 0 Å². The van der Waals surface area contributed by atoms with Gasteiger partial charge in [0.1, 0.15) is 11.6 Å². The smallest absolute Gasteiger partial charge is 0.231 e. The van der Waals surface area contributed by atoms with Crippen molar-refractivity contribution in [3.63, 3.8) is 0 Å². The van der Waals surface area contributed by atoms with Gasteiger partial charge in [-0.2, -0.15) is 5.26 Å². The van der Waals surface area contributed by atoms with E-state index in [-0.39, 0.29) is 0 Å². The van der Waals surface area contributed by atoms with Gasteiger partial charge in [0.05, 0.1) is 6.61 Å². The van der Waals surface area contributed by atoms with Crippen LogP contribution in [0.15, 0.2) is 18.3 Å². The van der Waals surface area contributed by atoms with Crippen LogP contribution in [-0.2, 0) is 0 Å². The Labute approximate surface area is 126 Å². The molecule has 0 radical (unpaired) electrons. The highest BCUT2D eigenvalue weighted by atomic mass is 16.5. The maximum Gasteiger partial charge on any atom is 0.231 e. The molecule has 2 fully saturated rings. The van der Waals surface area contributed by atoms with Crippen LogP contribution in [0.1, 0.15) is 37.7 Å². The van der Waals surface area contributed by atoms with Gasteiger partial charge in [0.25, 0.3) is 0 Å². The normalized spacial score (nSPS) is 20.7. The van der Waals surface area contributed by atoms with Crippen molar-refractivity contribution in [1.82, 2.24) is 9.88 Å². The summed E-state index contributed by atoms with van der Waals surface area (Å²) < 4.78 is 5.76. The van der Waals surface area contributed by atoms with Gasteiger partial charge in [0.15, 0.2) is 0 Å². The average molecular weight is 285 g/mol. The molecule has 2 heterocycles. The average Bonchev–Trinajstić information content (AvgIpc) is 2.50. The second-order valence-electron chi connectivity index (χ2n) is 6.32. The molecule has 1 aromatic heterocycles. The second-order valence-corrected chi connectivity index (χ2v) is 6.32. The molecular weight excluding hydrogens is 262 g/mol. The lowest BCUT2D eigenvalue weighted by Crippen LogP contribution is -2.39. The first-order valence-electron chi connectivity index (χ1n) is 8.05. The van der Waals surface area contributed by atoms with Gasteiger partial charge in [-0.25, -0.2) is 4.98 Å². The van der Waals surface area contributed by atoms with Crippen LogP contribution in [0, 0.1) is 23.2 Å². The number of nitrogens with zero attached hydrogens (tertiary/aromatic N) is 3. The summed E-state index contributed by atoms with van der Waals surface area (Å²) in [5.74, 6) is 2.04. The van der Waals surface area contributed by atoms with E-state index in [0.717, 1.165) is 5.92 Å². The third kappa shape index (κ3) is 3.74. The molecule has 4 heteroatoms. The van der Waals surface area contributed by atoms with Crippen molar-refractivity contribution < 1.29 is 4.74 Å². The molecule has 112 valence electrons. The van der Waals surface area contributed by atoms with E-state index in [2.05, 4.69) is 16.0 Å². The number of hydrogen-bond donors (Lipinski definition) is 0. The van der Waals surface area contributed by atoms with Crippen molar-refractivity contribution in [2.24, 2.45) is 11.8 Å². The molecule has 21 heavy (non-hydrogen) atoms.